The van der Waals surface area contributed by atoms with Crippen molar-refractivity contribution in [2.45, 2.75) is 44.1 Å². The van der Waals surface area contributed by atoms with Crippen LogP contribution in [0.4, 0.5) is 13.2 Å². The molecule has 1 atom stereocenters. The molecule has 12 heteroatoms. The summed E-state index contributed by atoms with van der Waals surface area (Å²) in [6.07, 6.45) is -2.44. The second-order valence-corrected chi connectivity index (χ2v) is 9.54. The Bertz CT molecular complexity index is 1030. The average molecular weight is 429 g/mol. The molecular formula is C17H18F3N5O3S. The van der Waals surface area contributed by atoms with Crippen molar-refractivity contribution in [3.63, 3.8) is 0 Å². The van der Waals surface area contributed by atoms with Gasteiger partial charge < -0.3 is 4.90 Å². The molecule has 1 saturated heterocycles. The van der Waals surface area contributed by atoms with Gasteiger partial charge in [-0.2, -0.15) is 18.0 Å². The Labute approximate surface area is 164 Å². The molecule has 1 saturated carbocycles. The number of alkyl halides is 3. The highest BCUT2D eigenvalue weighted by atomic mass is 32.2. The summed E-state index contributed by atoms with van der Waals surface area (Å²) in [5, 5.41) is 11.5. The molecule has 2 heterocycles. The van der Waals surface area contributed by atoms with Crippen LogP contribution < -0.4 is 0 Å². The standard InChI is InChI=1S/C17H18F3N5O3S/c18-17(19,20)12-3-1-2-11(8-12)16-21-23-24(22-16)9-15(26)25(13-4-5-13)14-6-7-29(27,28)10-14/h1-3,8,13-14H,4-7,9-10H2/t14-/m1/s1. The summed E-state index contributed by atoms with van der Waals surface area (Å²) in [4.78, 5) is 15.4. The first-order valence-electron chi connectivity index (χ1n) is 9.09. The molecule has 1 aliphatic carbocycles. The van der Waals surface area contributed by atoms with E-state index in [-0.39, 0.29) is 47.4 Å². The quantitative estimate of drug-likeness (QED) is 0.715. The molecule has 2 aromatic rings. The molecule has 4 rings (SSSR count). The molecule has 0 spiro atoms. The lowest BCUT2D eigenvalue weighted by atomic mass is 10.1. The van der Waals surface area contributed by atoms with Crippen LogP contribution in [0.2, 0.25) is 0 Å². The molecule has 1 amide bonds. The molecule has 156 valence electrons. The van der Waals surface area contributed by atoms with E-state index < -0.39 is 21.6 Å². The van der Waals surface area contributed by atoms with Crippen LogP contribution in [0, 0.1) is 0 Å². The molecule has 1 aliphatic heterocycles. The summed E-state index contributed by atoms with van der Waals surface area (Å²) in [5.41, 5.74) is -0.691. The Morgan fingerprint density at radius 2 is 1.97 bits per heavy atom. The number of benzene rings is 1. The number of nitrogens with zero attached hydrogens (tertiary/aromatic N) is 5. The maximum Gasteiger partial charge on any atom is 0.416 e. The number of rotatable bonds is 5. The maximum absolute atomic E-state index is 12.9. The molecule has 0 bridgehead atoms. The first kappa shape index (κ1) is 19.8. The molecule has 0 radical (unpaired) electrons. The van der Waals surface area contributed by atoms with Crippen molar-refractivity contribution < 1.29 is 26.4 Å². The molecule has 1 aromatic heterocycles. The van der Waals surface area contributed by atoms with Gasteiger partial charge in [0.15, 0.2) is 9.84 Å². The fourth-order valence-electron chi connectivity index (χ4n) is 3.52. The van der Waals surface area contributed by atoms with Crippen LogP contribution in [0.15, 0.2) is 24.3 Å². The van der Waals surface area contributed by atoms with Gasteiger partial charge in [0, 0.05) is 17.6 Å². The van der Waals surface area contributed by atoms with Crippen molar-refractivity contribution >= 4 is 15.7 Å². The second-order valence-electron chi connectivity index (χ2n) is 7.31. The molecule has 8 nitrogen and oxygen atoms in total. The number of sulfone groups is 1. The van der Waals surface area contributed by atoms with E-state index in [1.165, 1.54) is 12.1 Å². The highest BCUT2D eigenvalue weighted by molar-refractivity contribution is 7.91. The van der Waals surface area contributed by atoms with Gasteiger partial charge in [0.05, 0.1) is 17.1 Å². The number of hydrogen-bond acceptors (Lipinski definition) is 6. The topological polar surface area (TPSA) is 98.1 Å². The van der Waals surface area contributed by atoms with Crippen molar-refractivity contribution in [1.29, 1.82) is 0 Å². The molecule has 2 fully saturated rings. The van der Waals surface area contributed by atoms with Gasteiger partial charge in [0.1, 0.15) is 6.54 Å². The third-order valence-corrected chi connectivity index (χ3v) is 6.76. The smallest absolute Gasteiger partial charge is 0.334 e. The van der Waals surface area contributed by atoms with Gasteiger partial charge in [-0.15, -0.1) is 10.2 Å². The minimum absolute atomic E-state index is 0.0206. The normalized spacial score (nSPS) is 21.3. The van der Waals surface area contributed by atoms with E-state index in [2.05, 4.69) is 15.4 Å². The first-order chi connectivity index (χ1) is 13.6. The number of carbonyl (C=O) groups excluding carboxylic acids is 1. The first-order valence-corrected chi connectivity index (χ1v) is 10.9. The lowest BCUT2D eigenvalue weighted by Crippen LogP contribution is -2.44. The van der Waals surface area contributed by atoms with Crippen molar-refractivity contribution in [3.05, 3.63) is 29.8 Å². The fourth-order valence-corrected chi connectivity index (χ4v) is 5.23. The van der Waals surface area contributed by atoms with Gasteiger partial charge in [-0.1, -0.05) is 12.1 Å². The third kappa shape index (κ3) is 4.41. The number of halogens is 3. The zero-order chi connectivity index (χ0) is 20.8. The molecule has 0 unspecified atom stereocenters. The fraction of sp³-hybridized carbons (Fsp3) is 0.529. The second kappa shape index (κ2) is 7.08. The number of amides is 1. The Hall–Kier alpha value is -2.50. The SMILES string of the molecule is O=C(Cn1nnc(-c2cccc(C(F)(F)F)c2)n1)N(C1CC1)[C@@H]1CCS(=O)(=O)C1. The van der Waals surface area contributed by atoms with Crippen molar-refractivity contribution in [2.24, 2.45) is 0 Å². The predicted octanol–water partition coefficient (Wildman–Crippen LogP) is 1.54. The van der Waals surface area contributed by atoms with Gasteiger partial charge in [-0.25, -0.2) is 8.42 Å². The molecule has 0 N–H and O–H groups in total. The van der Waals surface area contributed by atoms with Crippen LogP contribution in [-0.4, -0.2) is 63.0 Å². The Kier molecular flexibility index (Phi) is 4.83. The van der Waals surface area contributed by atoms with E-state index in [9.17, 15) is 26.4 Å². The molecule has 1 aromatic carbocycles. The minimum Gasteiger partial charge on any atom is -0.334 e. The maximum atomic E-state index is 12.9. The highest BCUT2D eigenvalue weighted by Gasteiger charge is 2.42. The summed E-state index contributed by atoms with van der Waals surface area (Å²) in [6, 6.07) is 4.21. The van der Waals surface area contributed by atoms with E-state index in [0.29, 0.717) is 6.42 Å². The summed E-state index contributed by atoms with van der Waals surface area (Å²) in [7, 11) is -3.14. The van der Waals surface area contributed by atoms with Gasteiger partial charge in [0.2, 0.25) is 11.7 Å². The number of aromatic nitrogens is 4. The van der Waals surface area contributed by atoms with E-state index in [4.69, 9.17) is 0 Å². The molecule has 2 aliphatic rings. The van der Waals surface area contributed by atoms with Crippen LogP contribution in [0.3, 0.4) is 0 Å². The van der Waals surface area contributed by atoms with Gasteiger partial charge in [-0.05, 0) is 36.6 Å². The lowest BCUT2D eigenvalue weighted by Gasteiger charge is -2.28. The number of tetrazole rings is 1. The van der Waals surface area contributed by atoms with E-state index in [0.717, 1.165) is 29.8 Å². The summed E-state index contributed by atoms with van der Waals surface area (Å²) in [6.45, 7) is -0.251. The Morgan fingerprint density at radius 3 is 2.59 bits per heavy atom. The largest absolute Gasteiger partial charge is 0.416 e. The van der Waals surface area contributed by atoms with Crippen LogP contribution >= 0.6 is 0 Å². The van der Waals surface area contributed by atoms with Crippen LogP contribution in [-0.2, 0) is 27.4 Å². The average Bonchev–Trinajstić information content (AvgIpc) is 3.24. The lowest BCUT2D eigenvalue weighted by molar-refractivity contribution is -0.137. The summed E-state index contributed by atoms with van der Waals surface area (Å²) in [5.74, 6) is -0.321. The zero-order valence-corrected chi connectivity index (χ0v) is 16.0. The Morgan fingerprint density at radius 1 is 1.21 bits per heavy atom. The van der Waals surface area contributed by atoms with Gasteiger partial charge >= 0.3 is 6.18 Å². The van der Waals surface area contributed by atoms with E-state index >= 15 is 0 Å². The third-order valence-electron chi connectivity index (χ3n) is 5.01. The predicted molar refractivity (Wildman–Crippen MR) is 95.2 cm³/mol. The van der Waals surface area contributed by atoms with Gasteiger partial charge in [-0.3, -0.25) is 4.79 Å². The summed E-state index contributed by atoms with van der Waals surface area (Å²) < 4.78 is 62.2. The van der Waals surface area contributed by atoms with Crippen LogP contribution in [0.5, 0.6) is 0 Å². The van der Waals surface area contributed by atoms with E-state index in [1.54, 1.807) is 4.90 Å². The Balaban J connectivity index is 1.49. The number of carbonyl (C=O) groups is 1. The monoisotopic (exact) mass is 429 g/mol. The van der Waals surface area contributed by atoms with Crippen LogP contribution in [0.25, 0.3) is 11.4 Å². The van der Waals surface area contributed by atoms with Crippen LogP contribution in [0.1, 0.15) is 24.8 Å². The van der Waals surface area contributed by atoms with Gasteiger partial charge in [0.25, 0.3) is 0 Å². The van der Waals surface area contributed by atoms with Crippen molar-refractivity contribution in [2.75, 3.05) is 11.5 Å². The molecular weight excluding hydrogens is 411 g/mol. The number of hydrogen-bond donors (Lipinski definition) is 0. The van der Waals surface area contributed by atoms with E-state index in [1.807, 2.05) is 0 Å². The molecule has 29 heavy (non-hydrogen) atoms. The highest BCUT2D eigenvalue weighted by Crippen LogP contribution is 2.33. The van der Waals surface area contributed by atoms with Crippen molar-refractivity contribution in [1.82, 2.24) is 25.1 Å². The zero-order valence-electron chi connectivity index (χ0n) is 15.2. The van der Waals surface area contributed by atoms with Crippen molar-refractivity contribution in [3.8, 4) is 11.4 Å². The minimum atomic E-state index is -4.49. The summed E-state index contributed by atoms with van der Waals surface area (Å²) >= 11 is 0.